The normalized spacial score (nSPS) is 12.4. The van der Waals surface area contributed by atoms with E-state index < -0.39 is 0 Å². The Bertz CT molecular complexity index is 2740. The minimum Gasteiger partial charge on any atom is -0.454 e. The van der Waals surface area contributed by atoms with Crippen LogP contribution in [0.1, 0.15) is 11.3 Å². The highest BCUT2D eigenvalue weighted by Gasteiger charge is 2.22. The lowest BCUT2D eigenvalue weighted by molar-refractivity contribution is 0.592. The molecule has 3 nitrogen and oxygen atoms in total. The van der Waals surface area contributed by atoms with E-state index in [-0.39, 0.29) is 0 Å². The van der Waals surface area contributed by atoms with E-state index in [9.17, 15) is 0 Å². The summed E-state index contributed by atoms with van der Waals surface area (Å²) < 4.78 is 6.59. The van der Waals surface area contributed by atoms with E-state index in [1.807, 2.05) is 12.3 Å². The van der Waals surface area contributed by atoms with Crippen molar-refractivity contribution in [2.24, 2.45) is 0 Å². The van der Waals surface area contributed by atoms with Gasteiger partial charge in [-0.05, 0) is 97.0 Å². The van der Waals surface area contributed by atoms with Crippen LogP contribution < -0.4 is 10.2 Å². The molecule has 0 saturated heterocycles. The van der Waals surface area contributed by atoms with Crippen LogP contribution in [-0.2, 0) is 6.54 Å². The molecule has 0 amide bonds. The molecule has 1 aliphatic rings. The number of hydrogen-bond donors (Lipinski definition) is 1. The van der Waals surface area contributed by atoms with Crippen molar-refractivity contribution in [2.45, 2.75) is 6.54 Å². The average Bonchev–Trinajstić information content (AvgIpc) is 3.58. The monoisotopic (exact) mass is 640 g/mol. The van der Waals surface area contributed by atoms with Crippen LogP contribution in [0.2, 0.25) is 0 Å². The van der Waals surface area contributed by atoms with Gasteiger partial charge in [0.2, 0.25) is 0 Å². The predicted molar refractivity (Wildman–Crippen MR) is 210 cm³/mol. The molecular formula is C47H32N2O. The molecule has 1 aliphatic heterocycles. The number of para-hydroxylation sites is 1. The van der Waals surface area contributed by atoms with Crippen LogP contribution in [0.3, 0.4) is 0 Å². The molecule has 10 rings (SSSR count). The van der Waals surface area contributed by atoms with Gasteiger partial charge in [-0.2, -0.15) is 0 Å². The van der Waals surface area contributed by atoms with Crippen molar-refractivity contribution in [3.05, 3.63) is 181 Å². The van der Waals surface area contributed by atoms with Gasteiger partial charge in [0.1, 0.15) is 5.76 Å². The molecule has 50 heavy (non-hydrogen) atoms. The zero-order chi connectivity index (χ0) is 33.0. The van der Waals surface area contributed by atoms with Gasteiger partial charge in [-0.1, -0.05) is 127 Å². The molecule has 0 bridgehead atoms. The number of anilines is 3. The molecule has 0 fully saturated rings. The second-order valence-corrected chi connectivity index (χ2v) is 13.0. The largest absolute Gasteiger partial charge is 0.454 e. The summed E-state index contributed by atoms with van der Waals surface area (Å²) >= 11 is 0. The first-order chi connectivity index (χ1) is 24.8. The van der Waals surface area contributed by atoms with Gasteiger partial charge in [0, 0.05) is 35.1 Å². The van der Waals surface area contributed by atoms with Crippen LogP contribution >= 0.6 is 0 Å². The van der Waals surface area contributed by atoms with Crippen LogP contribution in [0, 0.1) is 0 Å². The smallest absolute Gasteiger partial charge is 0.159 e. The summed E-state index contributed by atoms with van der Waals surface area (Å²) in [4.78, 5) is 2.32. The molecule has 0 saturated carbocycles. The summed E-state index contributed by atoms with van der Waals surface area (Å²) in [6, 6.07) is 59.2. The maximum absolute atomic E-state index is 6.59. The van der Waals surface area contributed by atoms with E-state index in [1.54, 1.807) is 0 Å². The van der Waals surface area contributed by atoms with Gasteiger partial charge in [-0.15, -0.1) is 0 Å². The van der Waals surface area contributed by atoms with Crippen LogP contribution in [0.15, 0.2) is 174 Å². The Balaban J connectivity index is 1.14. The SMILES string of the molecule is C1=Cc2oc3c(N(c4ccc(-c5ccccc5)cc4)c4ccc(-c5cc6c7ccccc7ccc6c6ccccc56)cc4)cccc3c2CN1. The lowest BCUT2D eigenvalue weighted by Crippen LogP contribution is -2.10. The first kappa shape index (κ1) is 28.4. The van der Waals surface area contributed by atoms with Crippen molar-refractivity contribution in [3.63, 3.8) is 0 Å². The second kappa shape index (κ2) is 11.5. The Labute approximate surface area is 290 Å². The summed E-state index contributed by atoms with van der Waals surface area (Å²) in [6.07, 6.45) is 3.98. The van der Waals surface area contributed by atoms with Crippen molar-refractivity contribution < 1.29 is 4.42 Å². The third-order valence-corrected chi connectivity index (χ3v) is 10.1. The number of benzene rings is 8. The Morgan fingerprint density at radius 3 is 1.92 bits per heavy atom. The minimum absolute atomic E-state index is 0.748. The molecule has 1 aromatic heterocycles. The van der Waals surface area contributed by atoms with Gasteiger partial charge in [0.15, 0.2) is 5.58 Å². The minimum atomic E-state index is 0.748. The highest BCUT2D eigenvalue weighted by atomic mass is 16.3. The quantitative estimate of drug-likeness (QED) is 0.190. The van der Waals surface area contributed by atoms with Gasteiger partial charge in [-0.25, -0.2) is 0 Å². The van der Waals surface area contributed by atoms with Crippen molar-refractivity contribution in [3.8, 4) is 22.3 Å². The van der Waals surface area contributed by atoms with Gasteiger partial charge in [0.25, 0.3) is 0 Å². The van der Waals surface area contributed by atoms with E-state index in [2.05, 4.69) is 174 Å². The van der Waals surface area contributed by atoms with Gasteiger partial charge in [-0.3, -0.25) is 0 Å². The molecule has 236 valence electrons. The first-order valence-corrected chi connectivity index (χ1v) is 17.1. The summed E-state index contributed by atoms with van der Waals surface area (Å²) in [5.41, 5.74) is 10.0. The third kappa shape index (κ3) is 4.59. The number of fused-ring (bicyclic) bond motifs is 8. The van der Waals surface area contributed by atoms with Gasteiger partial charge >= 0.3 is 0 Å². The van der Waals surface area contributed by atoms with E-state index >= 15 is 0 Å². The molecule has 0 radical (unpaired) electrons. The molecule has 0 spiro atoms. The molecule has 1 N–H and O–H groups in total. The number of nitrogens with one attached hydrogen (secondary N) is 1. The summed E-state index contributed by atoms with van der Waals surface area (Å²) in [7, 11) is 0. The van der Waals surface area contributed by atoms with Crippen LogP contribution in [0.4, 0.5) is 17.1 Å². The summed E-state index contributed by atoms with van der Waals surface area (Å²) in [6.45, 7) is 0.748. The molecule has 8 aromatic carbocycles. The third-order valence-electron chi connectivity index (χ3n) is 10.1. The number of rotatable bonds is 5. The van der Waals surface area contributed by atoms with Gasteiger partial charge in [0.05, 0.1) is 5.69 Å². The fourth-order valence-electron chi connectivity index (χ4n) is 7.71. The fourth-order valence-corrected chi connectivity index (χ4v) is 7.71. The molecule has 0 atom stereocenters. The Morgan fingerprint density at radius 2 is 1.12 bits per heavy atom. The van der Waals surface area contributed by atoms with E-state index in [0.29, 0.717) is 0 Å². The lowest BCUT2D eigenvalue weighted by Gasteiger charge is -2.26. The predicted octanol–water partition coefficient (Wildman–Crippen LogP) is 12.8. The Kier molecular flexibility index (Phi) is 6.56. The van der Waals surface area contributed by atoms with E-state index in [4.69, 9.17) is 4.42 Å². The molecule has 0 aliphatic carbocycles. The summed E-state index contributed by atoms with van der Waals surface area (Å²) in [5.74, 6) is 0.914. The molecule has 0 unspecified atom stereocenters. The average molecular weight is 641 g/mol. The number of furan rings is 1. The van der Waals surface area contributed by atoms with Crippen molar-refractivity contribution in [1.82, 2.24) is 5.32 Å². The van der Waals surface area contributed by atoms with Crippen molar-refractivity contribution in [2.75, 3.05) is 4.90 Å². The highest BCUT2D eigenvalue weighted by Crippen LogP contribution is 2.44. The van der Waals surface area contributed by atoms with E-state index in [0.717, 1.165) is 40.3 Å². The van der Waals surface area contributed by atoms with Crippen LogP contribution in [-0.4, -0.2) is 0 Å². The van der Waals surface area contributed by atoms with Crippen LogP contribution in [0.25, 0.3) is 71.6 Å². The molecule has 2 heterocycles. The van der Waals surface area contributed by atoms with Crippen LogP contribution in [0.5, 0.6) is 0 Å². The first-order valence-electron chi connectivity index (χ1n) is 17.1. The highest BCUT2D eigenvalue weighted by molar-refractivity contribution is 6.21. The Morgan fingerprint density at radius 1 is 0.480 bits per heavy atom. The lowest BCUT2D eigenvalue weighted by atomic mass is 9.91. The fraction of sp³-hybridized carbons (Fsp3) is 0.0213. The van der Waals surface area contributed by atoms with Gasteiger partial charge < -0.3 is 14.6 Å². The standard InChI is InChI=1S/C47H32N2O/c1-2-9-31(10-3-1)32-17-22-35(23-18-32)49(45-16-8-15-41-44-30-48-28-27-46(44)50-47(41)45)36-24-19-34(20-25-36)42-29-43-37-12-5-4-11-33(37)21-26-40(43)38-13-6-7-14-39(38)42/h1-29,48H,30H2. The van der Waals surface area contributed by atoms with Crippen molar-refractivity contribution >= 4 is 66.4 Å². The zero-order valence-corrected chi connectivity index (χ0v) is 27.3. The second-order valence-electron chi connectivity index (χ2n) is 13.0. The summed E-state index contributed by atoms with van der Waals surface area (Å²) in [5, 5.41) is 12.1. The maximum atomic E-state index is 6.59. The molecule has 9 aromatic rings. The zero-order valence-electron chi connectivity index (χ0n) is 27.3. The molecular weight excluding hydrogens is 609 g/mol. The Hall–Kier alpha value is -6.58. The number of hydrogen-bond acceptors (Lipinski definition) is 3. The topological polar surface area (TPSA) is 28.4 Å². The van der Waals surface area contributed by atoms with E-state index in [1.165, 1.54) is 60.1 Å². The molecule has 3 heteroatoms. The number of nitrogens with zero attached hydrogens (tertiary/aromatic N) is 1. The van der Waals surface area contributed by atoms with Crippen molar-refractivity contribution in [1.29, 1.82) is 0 Å². The maximum Gasteiger partial charge on any atom is 0.159 e.